The van der Waals surface area contributed by atoms with Crippen LogP contribution in [-0.4, -0.2) is 44.3 Å². The normalized spacial score (nSPS) is 14.5. The van der Waals surface area contributed by atoms with Gasteiger partial charge in [-0.15, -0.1) is 0 Å². The minimum Gasteiger partial charge on any atom is -0.481 e. The lowest BCUT2D eigenvalue weighted by molar-refractivity contribution is -0.154. The SMILES string of the molecule is CCC(C(=O)O)C(CCCCCCC(CC(=O)O)C(=O)O)C(=O)O. The van der Waals surface area contributed by atoms with Crippen molar-refractivity contribution in [3.05, 3.63) is 0 Å². The second kappa shape index (κ2) is 11.4. The molecule has 0 saturated carbocycles. The maximum absolute atomic E-state index is 11.2. The highest BCUT2D eigenvalue weighted by Gasteiger charge is 2.31. The topological polar surface area (TPSA) is 149 Å². The van der Waals surface area contributed by atoms with E-state index < -0.39 is 48.1 Å². The first kappa shape index (κ1) is 21.9. The van der Waals surface area contributed by atoms with E-state index in [-0.39, 0.29) is 19.3 Å². The van der Waals surface area contributed by atoms with Crippen molar-refractivity contribution in [1.82, 2.24) is 0 Å². The highest BCUT2D eigenvalue weighted by molar-refractivity contribution is 5.80. The first-order valence-corrected chi connectivity index (χ1v) is 8.10. The molecule has 0 amide bonds. The van der Waals surface area contributed by atoms with Crippen molar-refractivity contribution in [2.24, 2.45) is 17.8 Å². The number of rotatable bonds is 14. The molecule has 138 valence electrons. The second-order valence-electron chi connectivity index (χ2n) is 5.92. The van der Waals surface area contributed by atoms with Gasteiger partial charge in [-0.1, -0.05) is 32.6 Å². The van der Waals surface area contributed by atoms with E-state index in [1.54, 1.807) is 6.92 Å². The third kappa shape index (κ3) is 8.50. The van der Waals surface area contributed by atoms with E-state index in [0.717, 1.165) is 0 Å². The molecule has 4 N–H and O–H groups in total. The summed E-state index contributed by atoms with van der Waals surface area (Å²) in [6.07, 6.45) is 2.75. The second-order valence-corrected chi connectivity index (χ2v) is 5.92. The minimum atomic E-state index is -1.15. The molecular formula is C16H26O8. The monoisotopic (exact) mass is 346 g/mol. The van der Waals surface area contributed by atoms with Gasteiger partial charge < -0.3 is 20.4 Å². The van der Waals surface area contributed by atoms with E-state index in [0.29, 0.717) is 25.7 Å². The Bertz CT molecular complexity index is 445. The summed E-state index contributed by atoms with van der Waals surface area (Å²) in [4.78, 5) is 43.8. The molecule has 0 heterocycles. The molecule has 8 heteroatoms. The van der Waals surface area contributed by atoms with Gasteiger partial charge in [-0.2, -0.15) is 0 Å². The molecule has 24 heavy (non-hydrogen) atoms. The van der Waals surface area contributed by atoms with Crippen LogP contribution in [0.1, 0.15) is 58.3 Å². The average molecular weight is 346 g/mol. The van der Waals surface area contributed by atoms with Gasteiger partial charge >= 0.3 is 23.9 Å². The van der Waals surface area contributed by atoms with Crippen LogP contribution in [0.25, 0.3) is 0 Å². The number of carboxylic acid groups (broad SMARTS) is 4. The zero-order valence-electron chi connectivity index (χ0n) is 13.8. The van der Waals surface area contributed by atoms with Crippen LogP contribution in [-0.2, 0) is 19.2 Å². The Labute approximate surface area is 140 Å². The molecule has 0 rings (SSSR count). The van der Waals surface area contributed by atoms with Crippen LogP contribution in [0.4, 0.5) is 0 Å². The Hall–Kier alpha value is -2.12. The van der Waals surface area contributed by atoms with Crippen LogP contribution in [0.5, 0.6) is 0 Å². The molecule has 0 radical (unpaired) electrons. The first-order chi connectivity index (χ1) is 11.2. The fraction of sp³-hybridized carbons (Fsp3) is 0.750. The number of carbonyl (C=O) groups is 4. The molecule has 0 aliphatic heterocycles. The Balaban J connectivity index is 4.18. The molecule has 0 saturated heterocycles. The summed E-state index contributed by atoms with van der Waals surface area (Å²) in [6, 6.07) is 0. The van der Waals surface area contributed by atoms with Gasteiger partial charge in [0.2, 0.25) is 0 Å². The third-order valence-electron chi connectivity index (χ3n) is 4.15. The lowest BCUT2D eigenvalue weighted by atomic mass is 9.85. The molecule has 3 atom stereocenters. The van der Waals surface area contributed by atoms with E-state index in [2.05, 4.69) is 0 Å². The fourth-order valence-electron chi connectivity index (χ4n) is 2.76. The van der Waals surface area contributed by atoms with Gasteiger partial charge in [0.1, 0.15) is 0 Å². The minimum absolute atomic E-state index is 0.252. The van der Waals surface area contributed by atoms with Gasteiger partial charge in [0.25, 0.3) is 0 Å². The first-order valence-electron chi connectivity index (χ1n) is 8.10. The molecule has 0 aliphatic carbocycles. The van der Waals surface area contributed by atoms with Crippen molar-refractivity contribution in [3.8, 4) is 0 Å². The maximum atomic E-state index is 11.2. The molecule has 0 aromatic carbocycles. The van der Waals surface area contributed by atoms with Gasteiger partial charge in [-0.25, -0.2) is 0 Å². The lowest BCUT2D eigenvalue weighted by Gasteiger charge is -2.18. The van der Waals surface area contributed by atoms with Gasteiger partial charge in [0.15, 0.2) is 0 Å². The molecule has 3 unspecified atom stereocenters. The largest absolute Gasteiger partial charge is 0.481 e. The molecule has 0 spiro atoms. The van der Waals surface area contributed by atoms with Crippen LogP contribution in [0.15, 0.2) is 0 Å². The predicted octanol–water partition coefficient (Wildman–Crippen LogP) is 2.31. The van der Waals surface area contributed by atoms with E-state index in [4.69, 9.17) is 20.4 Å². The van der Waals surface area contributed by atoms with Crippen LogP contribution in [0, 0.1) is 17.8 Å². The van der Waals surface area contributed by atoms with E-state index in [1.807, 2.05) is 0 Å². The van der Waals surface area contributed by atoms with E-state index in [1.165, 1.54) is 0 Å². The van der Waals surface area contributed by atoms with Crippen LogP contribution < -0.4 is 0 Å². The van der Waals surface area contributed by atoms with E-state index >= 15 is 0 Å². The smallest absolute Gasteiger partial charge is 0.307 e. The van der Waals surface area contributed by atoms with Gasteiger partial charge in [0.05, 0.1) is 24.2 Å². The maximum Gasteiger partial charge on any atom is 0.307 e. The Morgan fingerprint density at radius 1 is 0.708 bits per heavy atom. The number of hydrogen-bond donors (Lipinski definition) is 4. The number of aliphatic carboxylic acids is 4. The van der Waals surface area contributed by atoms with Crippen LogP contribution in [0.3, 0.4) is 0 Å². The highest BCUT2D eigenvalue weighted by atomic mass is 16.4. The molecule has 0 aromatic heterocycles. The fourth-order valence-corrected chi connectivity index (χ4v) is 2.76. The molecular weight excluding hydrogens is 320 g/mol. The van der Waals surface area contributed by atoms with Crippen LogP contribution >= 0.6 is 0 Å². The van der Waals surface area contributed by atoms with Crippen molar-refractivity contribution in [2.45, 2.75) is 58.3 Å². The zero-order chi connectivity index (χ0) is 18.7. The van der Waals surface area contributed by atoms with Crippen LogP contribution in [0.2, 0.25) is 0 Å². The van der Waals surface area contributed by atoms with Gasteiger partial charge in [0, 0.05) is 0 Å². The average Bonchev–Trinajstić information content (AvgIpc) is 2.46. The lowest BCUT2D eigenvalue weighted by Crippen LogP contribution is -2.29. The molecule has 0 aromatic rings. The van der Waals surface area contributed by atoms with Crippen molar-refractivity contribution in [3.63, 3.8) is 0 Å². The molecule has 0 bridgehead atoms. The summed E-state index contributed by atoms with van der Waals surface area (Å²) in [5, 5.41) is 35.8. The summed E-state index contributed by atoms with van der Waals surface area (Å²) < 4.78 is 0. The quantitative estimate of drug-likeness (QED) is 0.350. The number of carboxylic acids is 4. The summed E-state index contributed by atoms with van der Waals surface area (Å²) in [6.45, 7) is 1.64. The van der Waals surface area contributed by atoms with Crippen molar-refractivity contribution in [2.75, 3.05) is 0 Å². The third-order valence-corrected chi connectivity index (χ3v) is 4.15. The summed E-state index contributed by atoms with van der Waals surface area (Å²) in [5.41, 5.74) is 0. The van der Waals surface area contributed by atoms with Crippen molar-refractivity contribution in [1.29, 1.82) is 0 Å². The van der Waals surface area contributed by atoms with Crippen molar-refractivity contribution >= 4 is 23.9 Å². The Morgan fingerprint density at radius 3 is 1.58 bits per heavy atom. The summed E-state index contributed by atoms with van der Waals surface area (Å²) in [5.74, 6) is -7.24. The predicted molar refractivity (Wildman–Crippen MR) is 83.6 cm³/mol. The standard InChI is InChI=1S/C16H26O8/c1-2-11(15(21)22)12(16(23)24)8-6-4-3-5-7-10(14(19)20)9-13(17)18/h10-12H,2-9H2,1H3,(H,17,18)(H,19,20)(H,21,22)(H,23,24). The number of hydrogen-bond acceptors (Lipinski definition) is 4. The highest BCUT2D eigenvalue weighted by Crippen LogP contribution is 2.24. The Morgan fingerprint density at radius 2 is 1.21 bits per heavy atom. The number of unbranched alkanes of at least 4 members (excludes halogenated alkanes) is 3. The molecule has 0 fully saturated rings. The molecule has 8 nitrogen and oxygen atoms in total. The van der Waals surface area contributed by atoms with Gasteiger partial charge in [-0.3, -0.25) is 19.2 Å². The van der Waals surface area contributed by atoms with Crippen molar-refractivity contribution < 1.29 is 39.6 Å². The zero-order valence-corrected chi connectivity index (χ0v) is 13.8. The molecule has 0 aliphatic rings. The van der Waals surface area contributed by atoms with Gasteiger partial charge in [-0.05, 0) is 19.3 Å². The van der Waals surface area contributed by atoms with E-state index in [9.17, 15) is 19.2 Å². The summed E-state index contributed by atoms with van der Waals surface area (Å²) in [7, 11) is 0. The summed E-state index contributed by atoms with van der Waals surface area (Å²) >= 11 is 0. The Kier molecular flexibility index (Phi) is 10.4.